The molecule has 0 aliphatic carbocycles. The topological polar surface area (TPSA) is 22.1 Å². The van der Waals surface area contributed by atoms with Crippen LogP contribution in [0.5, 0.6) is 5.75 Å². The molecule has 1 aromatic carbocycles. The molecule has 0 atom stereocenters. The molecular formula is C12H8BrClFNO. The number of nitrogens with zero attached hydrogens (tertiary/aromatic N) is 1. The van der Waals surface area contributed by atoms with Crippen molar-refractivity contribution in [3.63, 3.8) is 0 Å². The SMILES string of the molecule is Fc1ccc(OCc2cc(Cl)ccn2)c(Br)c1. The van der Waals surface area contributed by atoms with Crippen LogP contribution < -0.4 is 4.74 Å². The highest BCUT2D eigenvalue weighted by Gasteiger charge is 2.03. The van der Waals surface area contributed by atoms with Crippen LogP contribution in [0.3, 0.4) is 0 Å². The zero-order valence-corrected chi connectivity index (χ0v) is 11.0. The molecule has 1 heterocycles. The molecule has 0 bridgehead atoms. The fourth-order valence-corrected chi connectivity index (χ4v) is 1.92. The van der Waals surface area contributed by atoms with Crippen LogP contribution in [0.25, 0.3) is 0 Å². The van der Waals surface area contributed by atoms with Crippen LogP contribution in [0.1, 0.15) is 5.69 Å². The van der Waals surface area contributed by atoms with Crippen molar-refractivity contribution < 1.29 is 9.13 Å². The first-order chi connectivity index (χ1) is 8.15. The number of hydrogen-bond acceptors (Lipinski definition) is 2. The summed E-state index contributed by atoms with van der Waals surface area (Å²) in [6.07, 6.45) is 1.61. The van der Waals surface area contributed by atoms with E-state index in [2.05, 4.69) is 20.9 Å². The van der Waals surface area contributed by atoms with E-state index in [-0.39, 0.29) is 12.4 Å². The van der Waals surface area contributed by atoms with Gasteiger partial charge in [0.15, 0.2) is 0 Å². The molecule has 88 valence electrons. The molecule has 2 aromatic rings. The second-order valence-corrected chi connectivity index (χ2v) is 4.62. The van der Waals surface area contributed by atoms with Crippen LogP contribution in [-0.4, -0.2) is 4.98 Å². The fraction of sp³-hybridized carbons (Fsp3) is 0.0833. The van der Waals surface area contributed by atoms with E-state index in [1.807, 2.05) is 0 Å². The third-order valence-corrected chi connectivity index (χ3v) is 2.90. The average molecular weight is 317 g/mol. The van der Waals surface area contributed by atoms with Crippen molar-refractivity contribution in [3.05, 3.63) is 57.5 Å². The third-order valence-electron chi connectivity index (χ3n) is 2.05. The lowest BCUT2D eigenvalue weighted by molar-refractivity contribution is 0.299. The molecule has 0 N–H and O–H groups in total. The Morgan fingerprint density at radius 1 is 1.29 bits per heavy atom. The highest BCUT2D eigenvalue weighted by Crippen LogP contribution is 2.26. The normalized spacial score (nSPS) is 10.3. The molecule has 0 amide bonds. The van der Waals surface area contributed by atoms with Crippen molar-refractivity contribution in [2.24, 2.45) is 0 Å². The molecule has 0 saturated heterocycles. The zero-order valence-electron chi connectivity index (χ0n) is 8.66. The highest BCUT2D eigenvalue weighted by molar-refractivity contribution is 9.10. The molecule has 2 rings (SSSR count). The molecule has 5 heteroatoms. The first-order valence-electron chi connectivity index (χ1n) is 4.83. The van der Waals surface area contributed by atoms with Crippen molar-refractivity contribution in [1.82, 2.24) is 4.98 Å². The van der Waals surface area contributed by atoms with E-state index >= 15 is 0 Å². The molecule has 2 nitrogen and oxygen atoms in total. The number of halogens is 3. The molecule has 0 aliphatic heterocycles. The second-order valence-electron chi connectivity index (χ2n) is 3.33. The zero-order chi connectivity index (χ0) is 12.3. The van der Waals surface area contributed by atoms with E-state index in [4.69, 9.17) is 16.3 Å². The van der Waals surface area contributed by atoms with Crippen molar-refractivity contribution in [1.29, 1.82) is 0 Å². The van der Waals surface area contributed by atoms with Gasteiger partial charge in [-0.3, -0.25) is 4.98 Å². The summed E-state index contributed by atoms with van der Waals surface area (Å²) in [6, 6.07) is 7.66. The van der Waals surface area contributed by atoms with Crippen molar-refractivity contribution in [2.75, 3.05) is 0 Å². The molecule has 0 unspecified atom stereocenters. The Morgan fingerprint density at radius 3 is 2.82 bits per heavy atom. The molecule has 0 spiro atoms. The second kappa shape index (κ2) is 5.47. The molecule has 0 aliphatic rings. The van der Waals surface area contributed by atoms with Gasteiger partial charge in [0.25, 0.3) is 0 Å². The summed E-state index contributed by atoms with van der Waals surface area (Å²) < 4.78 is 18.9. The highest BCUT2D eigenvalue weighted by atomic mass is 79.9. The van der Waals surface area contributed by atoms with E-state index in [0.717, 1.165) is 0 Å². The number of pyridine rings is 1. The Bertz CT molecular complexity index is 536. The maximum Gasteiger partial charge on any atom is 0.134 e. The number of aromatic nitrogens is 1. The van der Waals surface area contributed by atoms with Gasteiger partial charge in [-0.2, -0.15) is 0 Å². The molecule has 0 saturated carbocycles. The lowest BCUT2D eigenvalue weighted by atomic mass is 10.3. The van der Waals surface area contributed by atoms with Gasteiger partial charge < -0.3 is 4.74 Å². The maximum atomic E-state index is 12.8. The standard InChI is InChI=1S/C12H8BrClFNO/c13-11-6-9(15)1-2-12(11)17-7-10-5-8(14)3-4-16-10/h1-6H,7H2. The number of benzene rings is 1. The summed E-state index contributed by atoms with van der Waals surface area (Å²) in [5.74, 6) is 0.248. The van der Waals surface area contributed by atoms with Gasteiger partial charge in [-0.25, -0.2) is 4.39 Å². The Morgan fingerprint density at radius 2 is 2.12 bits per heavy atom. The minimum absolute atomic E-state index is 0.283. The van der Waals surface area contributed by atoms with E-state index < -0.39 is 0 Å². The number of rotatable bonds is 3. The monoisotopic (exact) mass is 315 g/mol. The summed E-state index contributed by atoms with van der Waals surface area (Å²) in [5, 5.41) is 0.608. The van der Waals surface area contributed by atoms with E-state index in [9.17, 15) is 4.39 Å². The van der Waals surface area contributed by atoms with Crippen molar-refractivity contribution >= 4 is 27.5 Å². The van der Waals surface area contributed by atoms with Gasteiger partial charge in [0, 0.05) is 11.2 Å². The Hall–Kier alpha value is -1.13. The predicted octanol–water partition coefficient (Wildman–Crippen LogP) is 4.22. The third kappa shape index (κ3) is 3.41. The lowest BCUT2D eigenvalue weighted by Gasteiger charge is -2.07. The van der Waals surface area contributed by atoms with Gasteiger partial charge in [0.05, 0.1) is 10.2 Å². The van der Waals surface area contributed by atoms with E-state index in [1.165, 1.54) is 12.1 Å². The summed E-state index contributed by atoms with van der Waals surface area (Å²) in [6.45, 7) is 0.283. The van der Waals surface area contributed by atoms with Gasteiger partial charge in [-0.15, -0.1) is 0 Å². The smallest absolute Gasteiger partial charge is 0.134 e. The Labute approximate surface area is 112 Å². The average Bonchev–Trinajstić information content (AvgIpc) is 2.28. The summed E-state index contributed by atoms with van der Waals surface area (Å²) >= 11 is 9.05. The van der Waals surface area contributed by atoms with Gasteiger partial charge in [-0.05, 0) is 46.3 Å². The van der Waals surface area contributed by atoms with Crippen LogP contribution in [0.4, 0.5) is 4.39 Å². The van der Waals surface area contributed by atoms with Gasteiger partial charge >= 0.3 is 0 Å². The van der Waals surface area contributed by atoms with Gasteiger partial charge in [-0.1, -0.05) is 11.6 Å². The largest absolute Gasteiger partial charge is 0.486 e. The van der Waals surface area contributed by atoms with Crippen LogP contribution >= 0.6 is 27.5 Å². The Kier molecular flexibility index (Phi) is 3.97. The maximum absolute atomic E-state index is 12.8. The quantitative estimate of drug-likeness (QED) is 0.846. The molecular weight excluding hydrogens is 308 g/mol. The number of ether oxygens (including phenoxy) is 1. The number of hydrogen-bond donors (Lipinski definition) is 0. The molecule has 1 aromatic heterocycles. The van der Waals surface area contributed by atoms with Crippen LogP contribution in [-0.2, 0) is 6.61 Å². The first-order valence-corrected chi connectivity index (χ1v) is 6.00. The summed E-state index contributed by atoms with van der Waals surface area (Å²) in [5.41, 5.74) is 0.716. The van der Waals surface area contributed by atoms with Crippen LogP contribution in [0, 0.1) is 5.82 Å². The van der Waals surface area contributed by atoms with Crippen LogP contribution in [0.15, 0.2) is 41.0 Å². The van der Waals surface area contributed by atoms with Gasteiger partial charge in [0.1, 0.15) is 18.2 Å². The van der Waals surface area contributed by atoms with E-state index in [0.29, 0.717) is 20.9 Å². The molecule has 0 fully saturated rings. The predicted molar refractivity (Wildman–Crippen MR) is 67.7 cm³/mol. The summed E-state index contributed by atoms with van der Waals surface area (Å²) in [7, 11) is 0. The van der Waals surface area contributed by atoms with Crippen LogP contribution in [0.2, 0.25) is 5.02 Å². The lowest BCUT2D eigenvalue weighted by Crippen LogP contribution is -1.98. The first kappa shape index (κ1) is 12.3. The van der Waals surface area contributed by atoms with Gasteiger partial charge in [0.2, 0.25) is 0 Å². The molecule has 0 radical (unpaired) electrons. The minimum atomic E-state index is -0.315. The molecule has 17 heavy (non-hydrogen) atoms. The van der Waals surface area contributed by atoms with E-state index in [1.54, 1.807) is 24.4 Å². The fourth-order valence-electron chi connectivity index (χ4n) is 1.27. The summed E-state index contributed by atoms with van der Waals surface area (Å²) in [4.78, 5) is 4.10. The van der Waals surface area contributed by atoms with Crippen molar-refractivity contribution in [2.45, 2.75) is 6.61 Å². The minimum Gasteiger partial charge on any atom is -0.486 e. The Balaban J connectivity index is 2.07. The van der Waals surface area contributed by atoms with Crippen molar-refractivity contribution in [3.8, 4) is 5.75 Å².